The fourth-order valence-electron chi connectivity index (χ4n) is 5.20. The number of hydrogen-bond acceptors (Lipinski definition) is 5. The second kappa shape index (κ2) is 8.45. The Morgan fingerprint density at radius 2 is 1.77 bits per heavy atom. The number of halogens is 1. The quantitative estimate of drug-likeness (QED) is 0.666. The van der Waals surface area contributed by atoms with E-state index in [4.69, 9.17) is 9.47 Å². The maximum atomic E-state index is 13.1. The van der Waals surface area contributed by atoms with Gasteiger partial charge in [0.2, 0.25) is 5.91 Å². The number of nitrogens with zero attached hydrogens (tertiary/aromatic N) is 1. The van der Waals surface area contributed by atoms with E-state index in [1.165, 1.54) is 29.1 Å². The van der Waals surface area contributed by atoms with Crippen LogP contribution in [0.2, 0.25) is 0 Å². The Hall–Kier alpha value is -2.09. The van der Waals surface area contributed by atoms with E-state index in [0.29, 0.717) is 51.1 Å². The molecule has 2 aromatic rings. The molecule has 2 saturated heterocycles. The molecule has 164 valence electrons. The predicted molar refractivity (Wildman–Crippen MR) is 114 cm³/mol. The average molecular weight is 444 g/mol. The molecule has 7 heteroatoms. The maximum absolute atomic E-state index is 13.1. The highest BCUT2D eigenvalue weighted by molar-refractivity contribution is 7.10. The van der Waals surface area contributed by atoms with Crippen LogP contribution in [0.3, 0.4) is 0 Å². The van der Waals surface area contributed by atoms with Crippen LogP contribution in [0.15, 0.2) is 35.7 Å². The van der Waals surface area contributed by atoms with E-state index < -0.39 is 5.79 Å². The summed E-state index contributed by atoms with van der Waals surface area (Å²) in [7, 11) is 0. The van der Waals surface area contributed by atoms with Gasteiger partial charge in [0.25, 0.3) is 0 Å². The second-order valence-corrected chi connectivity index (χ2v) is 9.59. The van der Waals surface area contributed by atoms with Gasteiger partial charge in [-0.25, -0.2) is 4.39 Å². The zero-order chi connectivity index (χ0) is 21.4. The Bertz CT molecular complexity index is 958. The predicted octanol–water partition coefficient (Wildman–Crippen LogP) is 4.16. The number of benzene rings is 1. The molecule has 1 aromatic carbocycles. The molecule has 0 bridgehead atoms. The Labute approximate surface area is 185 Å². The molecule has 0 radical (unpaired) electrons. The van der Waals surface area contributed by atoms with E-state index in [1.54, 1.807) is 11.3 Å². The zero-order valence-corrected chi connectivity index (χ0v) is 18.2. The van der Waals surface area contributed by atoms with E-state index in [0.717, 1.165) is 18.4 Å². The monoisotopic (exact) mass is 443 g/mol. The first-order valence-electron chi connectivity index (χ1n) is 11.0. The van der Waals surface area contributed by atoms with Crippen LogP contribution < -0.4 is 0 Å². The lowest BCUT2D eigenvalue weighted by Gasteiger charge is -2.40. The van der Waals surface area contributed by atoms with Gasteiger partial charge < -0.3 is 14.4 Å². The highest BCUT2D eigenvalue weighted by atomic mass is 32.1. The Morgan fingerprint density at radius 3 is 2.48 bits per heavy atom. The first kappa shape index (κ1) is 20.8. The van der Waals surface area contributed by atoms with Crippen LogP contribution in [0.25, 0.3) is 0 Å². The van der Waals surface area contributed by atoms with Gasteiger partial charge in [0, 0.05) is 47.4 Å². The Morgan fingerprint density at radius 1 is 1.06 bits per heavy atom. The molecule has 1 spiro atoms. The van der Waals surface area contributed by atoms with Crippen molar-refractivity contribution < 1.29 is 23.5 Å². The first-order valence-corrected chi connectivity index (χ1v) is 11.9. The summed E-state index contributed by atoms with van der Waals surface area (Å²) in [6.07, 6.45) is 3.50. The SMILES string of the molecule is O=C(c1ccc(F)cc1)C1CCN(C(=O)CC2CCc3sccc3C23OCCO3)CC1. The molecule has 3 aliphatic rings. The number of ketones is 1. The third kappa shape index (κ3) is 3.83. The summed E-state index contributed by atoms with van der Waals surface area (Å²) in [6, 6.07) is 7.79. The van der Waals surface area contributed by atoms with Gasteiger partial charge >= 0.3 is 0 Å². The lowest BCUT2D eigenvalue weighted by molar-refractivity contribution is -0.213. The number of carbonyl (C=O) groups excluding carboxylic acids is 2. The normalized spacial score (nSPS) is 23.1. The highest BCUT2D eigenvalue weighted by Crippen LogP contribution is 2.49. The highest BCUT2D eigenvalue weighted by Gasteiger charge is 2.50. The van der Waals surface area contributed by atoms with Crippen molar-refractivity contribution in [2.75, 3.05) is 26.3 Å². The van der Waals surface area contributed by atoms with Crippen molar-refractivity contribution in [3.8, 4) is 0 Å². The number of likely N-dealkylation sites (tertiary alicyclic amines) is 1. The summed E-state index contributed by atoms with van der Waals surface area (Å²) >= 11 is 1.73. The number of amides is 1. The third-order valence-electron chi connectivity index (χ3n) is 6.86. The van der Waals surface area contributed by atoms with Gasteiger partial charge in [0.15, 0.2) is 11.6 Å². The molecule has 2 aliphatic heterocycles. The molecular formula is C24H26FNO4S. The van der Waals surface area contributed by atoms with E-state index in [-0.39, 0.29) is 29.3 Å². The lowest BCUT2D eigenvalue weighted by Crippen LogP contribution is -2.45. The number of piperidine rings is 1. The number of rotatable bonds is 4. The van der Waals surface area contributed by atoms with Gasteiger partial charge in [0.1, 0.15) is 5.82 Å². The van der Waals surface area contributed by atoms with Crippen molar-refractivity contribution in [2.24, 2.45) is 11.8 Å². The summed E-state index contributed by atoms with van der Waals surface area (Å²) in [5.74, 6) is -1.10. The van der Waals surface area contributed by atoms with Crippen LogP contribution in [0.5, 0.6) is 0 Å². The molecule has 1 aromatic heterocycles. The molecule has 1 atom stereocenters. The standard InChI is InChI=1S/C24H26FNO4S/c25-19-4-1-16(2-5-19)23(28)17-7-10-26(11-8-17)22(27)15-18-3-6-21-20(9-14-31-21)24(18)29-12-13-30-24/h1-2,4-5,9,14,17-18H,3,6-8,10-13,15H2. The summed E-state index contributed by atoms with van der Waals surface area (Å²) in [6.45, 7) is 2.25. The average Bonchev–Trinajstić information content (AvgIpc) is 3.47. The van der Waals surface area contributed by atoms with Crippen molar-refractivity contribution in [3.05, 3.63) is 57.5 Å². The molecule has 1 aliphatic carbocycles. The van der Waals surface area contributed by atoms with E-state index in [1.807, 2.05) is 4.90 Å². The number of thiophene rings is 1. The molecule has 0 saturated carbocycles. The molecular weight excluding hydrogens is 417 g/mol. The number of ether oxygens (including phenoxy) is 2. The molecule has 2 fully saturated rings. The van der Waals surface area contributed by atoms with Crippen molar-refractivity contribution >= 4 is 23.0 Å². The number of fused-ring (bicyclic) bond motifs is 2. The number of Topliss-reactive ketones (excluding diaryl/α,β-unsaturated/α-hetero) is 1. The second-order valence-electron chi connectivity index (χ2n) is 8.59. The number of aryl methyl sites for hydroxylation is 1. The van der Waals surface area contributed by atoms with Gasteiger partial charge in [0.05, 0.1) is 13.2 Å². The van der Waals surface area contributed by atoms with Crippen LogP contribution in [0.4, 0.5) is 4.39 Å². The minimum absolute atomic E-state index is 0.00294. The minimum atomic E-state index is -0.778. The number of hydrogen-bond donors (Lipinski definition) is 0. The van der Waals surface area contributed by atoms with Crippen LogP contribution in [-0.4, -0.2) is 42.9 Å². The molecule has 0 N–H and O–H groups in total. The topological polar surface area (TPSA) is 55.8 Å². The number of carbonyl (C=O) groups is 2. The summed E-state index contributed by atoms with van der Waals surface area (Å²) < 4.78 is 25.4. The fourth-order valence-corrected chi connectivity index (χ4v) is 6.14. The third-order valence-corrected chi connectivity index (χ3v) is 7.84. The fraction of sp³-hybridized carbons (Fsp3) is 0.500. The van der Waals surface area contributed by atoms with Gasteiger partial charge in [-0.3, -0.25) is 9.59 Å². The van der Waals surface area contributed by atoms with Crippen molar-refractivity contribution in [1.82, 2.24) is 4.90 Å². The van der Waals surface area contributed by atoms with Gasteiger partial charge in [-0.2, -0.15) is 0 Å². The van der Waals surface area contributed by atoms with Gasteiger partial charge in [-0.1, -0.05) is 0 Å². The van der Waals surface area contributed by atoms with E-state index in [2.05, 4.69) is 11.4 Å². The molecule has 31 heavy (non-hydrogen) atoms. The first-order chi connectivity index (χ1) is 15.1. The Balaban J connectivity index is 1.21. The minimum Gasteiger partial charge on any atom is -0.343 e. The summed E-state index contributed by atoms with van der Waals surface area (Å²) in [4.78, 5) is 29.0. The van der Waals surface area contributed by atoms with Crippen molar-refractivity contribution in [3.63, 3.8) is 0 Å². The Kier molecular flexibility index (Phi) is 5.67. The smallest absolute Gasteiger partial charge is 0.223 e. The van der Waals surface area contributed by atoms with Gasteiger partial charge in [-0.05, 0) is 61.4 Å². The molecule has 1 unspecified atom stereocenters. The van der Waals surface area contributed by atoms with Crippen molar-refractivity contribution in [2.45, 2.75) is 37.9 Å². The lowest BCUT2D eigenvalue weighted by atomic mass is 9.79. The van der Waals surface area contributed by atoms with Crippen molar-refractivity contribution in [1.29, 1.82) is 0 Å². The van der Waals surface area contributed by atoms with Crippen LogP contribution in [0.1, 0.15) is 46.5 Å². The van der Waals surface area contributed by atoms with Crippen LogP contribution in [-0.2, 0) is 26.5 Å². The summed E-state index contributed by atoms with van der Waals surface area (Å²) in [5, 5.41) is 2.07. The van der Waals surface area contributed by atoms with Crippen LogP contribution >= 0.6 is 11.3 Å². The molecule has 3 heterocycles. The largest absolute Gasteiger partial charge is 0.343 e. The molecule has 1 amide bonds. The van der Waals surface area contributed by atoms with E-state index in [9.17, 15) is 14.0 Å². The molecule has 5 nitrogen and oxygen atoms in total. The summed E-state index contributed by atoms with van der Waals surface area (Å²) in [5.41, 5.74) is 1.64. The molecule has 5 rings (SSSR count). The zero-order valence-electron chi connectivity index (χ0n) is 17.3. The van der Waals surface area contributed by atoms with Crippen LogP contribution in [0, 0.1) is 17.7 Å². The van der Waals surface area contributed by atoms with E-state index >= 15 is 0 Å². The maximum Gasteiger partial charge on any atom is 0.223 e. The van der Waals surface area contributed by atoms with Gasteiger partial charge in [-0.15, -0.1) is 11.3 Å².